The van der Waals surface area contributed by atoms with Crippen LogP contribution < -0.4 is 5.32 Å². The maximum absolute atomic E-state index is 13.5. The predicted octanol–water partition coefficient (Wildman–Crippen LogP) is 3.68. The van der Waals surface area contributed by atoms with Gasteiger partial charge in [-0.15, -0.1) is 0 Å². The molecule has 1 amide bonds. The number of nitrogens with zero attached hydrogens (tertiary/aromatic N) is 1. The summed E-state index contributed by atoms with van der Waals surface area (Å²) in [5.74, 6) is -4.47. The molecular formula is C21H20F2N2O6. The molecule has 0 aliphatic heterocycles. The van der Waals surface area contributed by atoms with E-state index in [-0.39, 0.29) is 22.8 Å². The normalized spacial score (nSPS) is 15.6. The number of carbonyl (C=O) groups is 2. The summed E-state index contributed by atoms with van der Waals surface area (Å²) in [6, 6.07) is 5.13. The third-order valence-corrected chi connectivity index (χ3v) is 5.17. The van der Waals surface area contributed by atoms with Gasteiger partial charge in [0.1, 0.15) is 5.56 Å². The molecule has 0 spiro atoms. The van der Waals surface area contributed by atoms with Gasteiger partial charge in [-0.2, -0.15) is 0 Å². The second kappa shape index (κ2) is 9.17. The van der Waals surface area contributed by atoms with Crippen molar-refractivity contribution >= 4 is 17.6 Å². The van der Waals surface area contributed by atoms with Crippen LogP contribution in [0.4, 0.5) is 14.5 Å². The Kier molecular flexibility index (Phi) is 6.59. The summed E-state index contributed by atoms with van der Waals surface area (Å²) in [4.78, 5) is 35.0. The van der Waals surface area contributed by atoms with Gasteiger partial charge in [0.15, 0.2) is 17.7 Å². The van der Waals surface area contributed by atoms with Crippen LogP contribution in [0.1, 0.15) is 36.5 Å². The van der Waals surface area contributed by atoms with E-state index in [1.807, 2.05) is 0 Å². The SMILES string of the molecule is C[C@@H](OC1CCC1)[C@H](NC(=O)c1ccc(-c2ccc(F)c(F)c2)cc1[N+](=O)[O-])C(=O)O. The first-order valence-electron chi connectivity index (χ1n) is 9.60. The van der Waals surface area contributed by atoms with Gasteiger partial charge < -0.3 is 15.2 Å². The summed E-state index contributed by atoms with van der Waals surface area (Å²) in [6.45, 7) is 1.51. The maximum atomic E-state index is 13.5. The minimum absolute atomic E-state index is 0.0709. The average Bonchev–Trinajstić information content (AvgIpc) is 2.69. The number of carboxylic acid groups (broad SMARTS) is 1. The second-order valence-corrected chi connectivity index (χ2v) is 7.30. The van der Waals surface area contributed by atoms with E-state index in [9.17, 15) is 33.6 Å². The van der Waals surface area contributed by atoms with Gasteiger partial charge in [-0.3, -0.25) is 14.9 Å². The van der Waals surface area contributed by atoms with Crippen molar-refractivity contribution < 1.29 is 33.1 Å². The largest absolute Gasteiger partial charge is 0.480 e. The number of nitrogens with one attached hydrogen (secondary N) is 1. The van der Waals surface area contributed by atoms with Crippen molar-refractivity contribution in [2.75, 3.05) is 0 Å². The number of ether oxygens (including phenoxy) is 1. The zero-order valence-corrected chi connectivity index (χ0v) is 16.5. The molecule has 2 N–H and O–H groups in total. The predicted molar refractivity (Wildman–Crippen MR) is 106 cm³/mol. The van der Waals surface area contributed by atoms with Crippen LogP contribution in [0.25, 0.3) is 11.1 Å². The van der Waals surface area contributed by atoms with Gasteiger partial charge in [0.2, 0.25) is 0 Å². The maximum Gasteiger partial charge on any atom is 0.328 e. The van der Waals surface area contributed by atoms with E-state index in [0.29, 0.717) is 0 Å². The first-order valence-corrected chi connectivity index (χ1v) is 9.60. The van der Waals surface area contributed by atoms with Crippen LogP contribution >= 0.6 is 0 Å². The Morgan fingerprint density at radius 3 is 2.35 bits per heavy atom. The molecule has 0 bridgehead atoms. The van der Waals surface area contributed by atoms with E-state index in [2.05, 4.69) is 5.32 Å². The van der Waals surface area contributed by atoms with E-state index in [4.69, 9.17) is 4.74 Å². The summed E-state index contributed by atoms with van der Waals surface area (Å²) in [5.41, 5.74) is -0.589. The number of benzene rings is 2. The van der Waals surface area contributed by atoms with Gasteiger partial charge >= 0.3 is 5.97 Å². The van der Waals surface area contributed by atoms with E-state index in [1.165, 1.54) is 19.1 Å². The molecule has 8 nitrogen and oxygen atoms in total. The lowest BCUT2D eigenvalue weighted by atomic mass is 9.95. The fourth-order valence-electron chi connectivity index (χ4n) is 3.22. The van der Waals surface area contributed by atoms with E-state index in [0.717, 1.165) is 43.5 Å². The van der Waals surface area contributed by atoms with Crippen molar-refractivity contribution in [2.24, 2.45) is 0 Å². The Bertz CT molecular complexity index is 1020. The number of halogens is 2. The lowest BCUT2D eigenvalue weighted by Crippen LogP contribution is -2.50. The lowest BCUT2D eigenvalue weighted by Gasteiger charge is -2.31. The molecule has 31 heavy (non-hydrogen) atoms. The van der Waals surface area contributed by atoms with Crippen LogP contribution in [-0.2, 0) is 9.53 Å². The second-order valence-electron chi connectivity index (χ2n) is 7.30. The molecule has 1 fully saturated rings. The third kappa shape index (κ3) is 5.02. The molecule has 0 aromatic heterocycles. The summed E-state index contributed by atoms with van der Waals surface area (Å²) in [6.07, 6.45) is 1.69. The molecule has 1 aliphatic carbocycles. The third-order valence-electron chi connectivity index (χ3n) is 5.17. The van der Waals surface area contributed by atoms with Crippen LogP contribution in [-0.4, -0.2) is 40.2 Å². The van der Waals surface area contributed by atoms with Gasteiger partial charge in [-0.05, 0) is 55.5 Å². The molecule has 164 valence electrons. The first kappa shape index (κ1) is 22.3. The Balaban J connectivity index is 1.85. The van der Waals surface area contributed by atoms with Crippen molar-refractivity contribution in [3.63, 3.8) is 0 Å². The van der Waals surface area contributed by atoms with Crippen molar-refractivity contribution in [2.45, 2.75) is 44.4 Å². The summed E-state index contributed by atoms with van der Waals surface area (Å²) in [5, 5.41) is 23.3. The molecule has 1 aliphatic rings. The number of amides is 1. The summed E-state index contributed by atoms with van der Waals surface area (Å²) in [7, 11) is 0. The molecule has 2 aromatic rings. The zero-order chi connectivity index (χ0) is 22.7. The summed E-state index contributed by atoms with van der Waals surface area (Å²) < 4.78 is 32.3. The fourth-order valence-corrected chi connectivity index (χ4v) is 3.22. The number of nitro groups is 1. The highest BCUT2D eigenvalue weighted by Gasteiger charge is 2.33. The topological polar surface area (TPSA) is 119 Å². The number of rotatable bonds is 8. The van der Waals surface area contributed by atoms with Gasteiger partial charge in [-0.25, -0.2) is 13.6 Å². The monoisotopic (exact) mass is 434 g/mol. The highest BCUT2D eigenvalue weighted by Crippen LogP contribution is 2.29. The Labute approximate surface area is 176 Å². The van der Waals surface area contributed by atoms with Crippen LogP contribution in [0.2, 0.25) is 0 Å². The number of hydrogen-bond donors (Lipinski definition) is 2. The molecule has 1 saturated carbocycles. The molecule has 0 saturated heterocycles. The van der Waals surface area contributed by atoms with E-state index in [1.54, 1.807) is 0 Å². The van der Waals surface area contributed by atoms with Gasteiger partial charge in [0.25, 0.3) is 11.6 Å². The van der Waals surface area contributed by atoms with Crippen molar-refractivity contribution in [3.8, 4) is 11.1 Å². The highest BCUT2D eigenvalue weighted by atomic mass is 19.2. The number of hydrogen-bond acceptors (Lipinski definition) is 5. The Morgan fingerprint density at radius 1 is 1.16 bits per heavy atom. The Hall–Kier alpha value is -3.40. The zero-order valence-electron chi connectivity index (χ0n) is 16.5. The number of carbonyl (C=O) groups excluding carboxylic acids is 1. The smallest absolute Gasteiger partial charge is 0.328 e. The van der Waals surface area contributed by atoms with Crippen LogP contribution in [0, 0.1) is 21.7 Å². The van der Waals surface area contributed by atoms with Crippen LogP contribution in [0.15, 0.2) is 36.4 Å². The minimum atomic E-state index is -1.40. The molecule has 0 radical (unpaired) electrons. The van der Waals surface area contributed by atoms with Gasteiger partial charge in [0, 0.05) is 6.07 Å². The van der Waals surface area contributed by atoms with Crippen LogP contribution in [0.3, 0.4) is 0 Å². The van der Waals surface area contributed by atoms with Crippen molar-refractivity contribution in [3.05, 3.63) is 63.7 Å². The van der Waals surface area contributed by atoms with Gasteiger partial charge in [-0.1, -0.05) is 12.1 Å². The van der Waals surface area contributed by atoms with Crippen LogP contribution in [0.5, 0.6) is 0 Å². The number of carboxylic acids is 1. The van der Waals surface area contributed by atoms with Crippen molar-refractivity contribution in [1.29, 1.82) is 0 Å². The number of nitro benzene ring substituents is 1. The average molecular weight is 434 g/mol. The molecular weight excluding hydrogens is 414 g/mol. The fraction of sp³-hybridized carbons (Fsp3) is 0.333. The number of aliphatic carboxylic acids is 1. The molecule has 0 unspecified atom stereocenters. The molecule has 2 atom stereocenters. The molecule has 0 heterocycles. The Morgan fingerprint density at radius 2 is 1.81 bits per heavy atom. The first-order chi connectivity index (χ1) is 14.7. The van der Waals surface area contributed by atoms with Crippen molar-refractivity contribution in [1.82, 2.24) is 5.32 Å². The quantitative estimate of drug-likeness (QED) is 0.483. The molecule has 3 rings (SSSR count). The van der Waals surface area contributed by atoms with Gasteiger partial charge in [0.05, 0.1) is 17.1 Å². The minimum Gasteiger partial charge on any atom is -0.480 e. The molecule has 2 aromatic carbocycles. The standard InChI is InChI=1S/C21H20F2N2O6/c1-11(31-14-3-2-4-14)19(21(27)28)24-20(26)15-7-5-13(10-18(15)25(29)30)12-6-8-16(22)17(23)9-12/h5-11,14,19H,2-4H2,1H3,(H,24,26)(H,27,28)/t11-,19+/m1/s1. The highest BCUT2D eigenvalue weighted by molar-refractivity contribution is 6.00. The molecule has 10 heteroatoms. The summed E-state index contributed by atoms with van der Waals surface area (Å²) >= 11 is 0. The van der Waals surface area contributed by atoms with E-state index >= 15 is 0 Å². The lowest BCUT2D eigenvalue weighted by molar-refractivity contribution is -0.385. The van der Waals surface area contributed by atoms with E-state index < -0.39 is 46.3 Å².